The molecule has 0 spiro atoms. The molecule has 2 aromatic rings. The lowest BCUT2D eigenvalue weighted by atomic mass is 10.1. The standard InChI is InChI=1S/C10H10N4.2ClH/c11-5-3-7(12)8-1-2-9-10(14-8)4-6-13-9;;/h1-2,4,6-7,13H,3,12H2;2*1H/t7-;;/m1../s1. The summed E-state index contributed by atoms with van der Waals surface area (Å²) in [7, 11) is 0. The van der Waals surface area contributed by atoms with Crippen LogP contribution in [0.2, 0.25) is 0 Å². The van der Waals surface area contributed by atoms with E-state index in [4.69, 9.17) is 11.0 Å². The number of nitrogens with zero attached hydrogens (tertiary/aromatic N) is 2. The van der Waals surface area contributed by atoms with Gasteiger partial charge in [-0.1, -0.05) is 0 Å². The van der Waals surface area contributed by atoms with Gasteiger partial charge >= 0.3 is 0 Å². The molecule has 1 atom stereocenters. The Bertz CT molecular complexity index is 489. The Balaban J connectivity index is 0.00000112. The molecule has 86 valence electrons. The normalized spacial score (nSPS) is 11.0. The molecule has 2 rings (SSSR count). The molecular formula is C10H12Cl2N4. The number of nitrogens with one attached hydrogen (secondary N) is 1. The van der Waals surface area contributed by atoms with Crippen LogP contribution in [0.5, 0.6) is 0 Å². The predicted molar refractivity (Wildman–Crippen MR) is 67.7 cm³/mol. The van der Waals surface area contributed by atoms with Crippen LogP contribution in [-0.4, -0.2) is 9.97 Å². The number of rotatable bonds is 2. The van der Waals surface area contributed by atoms with E-state index in [9.17, 15) is 0 Å². The van der Waals surface area contributed by atoms with E-state index in [2.05, 4.69) is 9.97 Å². The zero-order chi connectivity index (χ0) is 9.97. The monoisotopic (exact) mass is 258 g/mol. The molecule has 0 saturated carbocycles. The van der Waals surface area contributed by atoms with Crippen molar-refractivity contribution in [2.45, 2.75) is 12.5 Å². The highest BCUT2D eigenvalue weighted by Crippen LogP contribution is 2.15. The highest BCUT2D eigenvalue weighted by atomic mass is 35.5. The average Bonchev–Trinajstić information content (AvgIpc) is 2.64. The molecule has 2 aromatic heterocycles. The van der Waals surface area contributed by atoms with Gasteiger partial charge in [-0.25, -0.2) is 4.98 Å². The van der Waals surface area contributed by atoms with E-state index >= 15 is 0 Å². The molecule has 2 heterocycles. The SMILES string of the molecule is Cl.Cl.N#CC[C@@H](N)c1ccc2[nH]ccc2n1. The molecule has 0 radical (unpaired) electrons. The van der Waals surface area contributed by atoms with Crippen molar-refractivity contribution in [2.24, 2.45) is 5.73 Å². The number of H-pyrrole nitrogens is 1. The number of fused-ring (bicyclic) bond motifs is 1. The molecule has 16 heavy (non-hydrogen) atoms. The van der Waals surface area contributed by atoms with Crippen LogP contribution in [0.25, 0.3) is 11.0 Å². The van der Waals surface area contributed by atoms with Crippen molar-refractivity contribution < 1.29 is 0 Å². The summed E-state index contributed by atoms with van der Waals surface area (Å²) in [5.41, 5.74) is 8.40. The van der Waals surface area contributed by atoms with Crippen molar-refractivity contribution in [3.8, 4) is 6.07 Å². The van der Waals surface area contributed by atoms with Gasteiger partial charge in [0.2, 0.25) is 0 Å². The highest BCUT2D eigenvalue weighted by molar-refractivity contribution is 5.85. The second-order valence-corrected chi connectivity index (χ2v) is 3.12. The summed E-state index contributed by atoms with van der Waals surface area (Å²) in [6, 6.07) is 7.40. The molecule has 0 amide bonds. The summed E-state index contributed by atoms with van der Waals surface area (Å²) >= 11 is 0. The quantitative estimate of drug-likeness (QED) is 0.868. The summed E-state index contributed by atoms with van der Waals surface area (Å²) < 4.78 is 0. The van der Waals surface area contributed by atoms with E-state index in [-0.39, 0.29) is 30.9 Å². The maximum atomic E-state index is 8.51. The molecule has 0 unspecified atom stereocenters. The van der Waals surface area contributed by atoms with Crippen molar-refractivity contribution in [2.75, 3.05) is 0 Å². The van der Waals surface area contributed by atoms with Gasteiger partial charge in [-0.05, 0) is 18.2 Å². The van der Waals surface area contributed by atoms with Crippen LogP contribution in [-0.2, 0) is 0 Å². The van der Waals surface area contributed by atoms with Crippen molar-refractivity contribution in [1.82, 2.24) is 9.97 Å². The molecule has 0 fully saturated rings. The predicted octanol–water partition coefficient (Wildman–Crippen LogP) is 2.32. The third kappa shape index (κ3) is 2.86. The van der Waals surface area contributed by atoms with E-state index in [1.165, 1.54) is 0 Å². The van der Waals surface area contributed by atoms with Gasteiger partial charge in [-0.2, -0.15) is 5.26 Å². The lowest BCUT2D eigenvalue weighted by Gasteiger charge is -2.05. The van der Waals surface area contributed by atoms with Crippen molar-refractivity contribution in [1.29, 1.82) is 5.26 Å². The first-order valence-electron chi connectivity index (χ1n) is 4.38. The van der Waals surface area contributed by atoms with E-state index in [1.807, 2.05) is 30.5 Å². The van der Waals surface area contributed by atoms with Gasteiger partial charge < -0.3 is 10.7 Å². The topological polar surface area (TPSA) is 78.5 Å². The molecule has 0 aliphatic heterocycles. The summed E-state index contributed by atoms with van der Waals surface area (Å²) in [4.78, 5) is 7.40. The van der Waals surface area contributed by atoms with E-state index < -0.39 is 0 Å². The number of nitriles is 1. The Hall–Kier alpha value is -1.28. The Morgan fingerprint density at radius 2 is 2.12 bits per heavy atom. The number of nitrogens with two attached hydrogens (primary N) is 1. The molecule has 0 bridgehead atoms. The minimum atomic E-state index is -0.292. The van der Waals surface area contributed by atoms with Crippen molar-refractivity contribution in [3.05, 3.63) is 30.1 Å². The minimum absolute atomic E-state index is 0. The average molecular weight is 259 g/mol. The van der Waals surface area contributed by atoms with Gasteiger partial charge in [0.05, 0.1) is 35.3 Å². The van der Waals surface area contributed by atoms with Crippen LogP contribution >= 0.6 is 24.8 Å². The second-order valence-electron chi connectivity index (χ2n) is 3.12. The summed E-state index contributed by atoms with van der Waals surface area (Å²) in [5, 5.41) is 8.51. The number of aromatic nitrogens is 2. The van der Waals surface area contributed by atoms with E-state index in [1.54, 1.807) is 0 Å². The van der Waals surface area contributed by atoms with Crippen LogP contribution < -0.4 is 5.73 Å². The summed E-state index contributed by atoms with van der Waals surface area (Å²) in [6.45, 7) is 0. The van der Waals surface area contributed by atoms with Gasteiger partial charge in [0.1, 0.15) is 0 Å². The van der Waals surface area contributed by atoms with Crippen molar-refractivity contribution in [3.63, 3.8) is 0 Å². The van der Waals surface area contributed by atoms with Crippen LogP contribution in [0, 0.1) is 11.3 Å². The van der Waals surface area contributed by atoms with Crippen LogP contribution in [0.3, 0.4) is 0 Å². The number of halogens is 2. The third-order valence-electron chi connectivity index (χ3n) is 2.12. The Kier molecular flexibility index (Phi) is 5.83. The number of aromatic amines is 1. The lowest BCUT2D eigenvalue weighted by molar-refractivity contribution is 0.724. The fourth-order valence-corrected chi connectivity index (χ4v) is 1.36. The first-order chi connectivity index (χ1) is 6.81. The summed E-state index contributed by atoms with van der Waals surface area (Å²) in [6.07, 6.45) is 2.13. The van der Waals surface area contributed by atoms with Gasteiger partial charge in [-0.3, -0.25) is 0 Å². The molecule has 4 nitrogen and oxygen atoms in total. The van der Waals surface area contributed by atoms with Gasteiger partial charge in [0.15, 0.2) is 0 Å². The van der Waals surface area contributed by atoms with E-state index in [0.717, 1.165) is 16.7 Å². The largest absolute Gasteiger partial charge is 0.360 e. The third-order valence-corrected chi connectivity index (χ3v) is 2.12. The second kappa shape index (κ2) is 6.33. The Morgan fingerprint density at radius 3 is 2.81 bits per heavy atom. The molecule has 3 N–H and O–H groups in total. The molecule has 6 heteroatoms. The number of pyridine rings is 1. The molecular weight excluding hydrogens is 247 g/mol. The fourth-order valence-electron chi connectivity index (χ4n) is 1.36. The lowest BCUT2D eigenvalue weighted by Crippen LogP contribution is -2.10. The zero-order valence-electron chi connectivity index (χ0n) is 8.38. The first kappa shape index (κ1) is 14.7. The number of hydrogen-bond donors (Lipinski definition) is 2. The Morgan fingerprint density at radius 1 is 1.38 bits per heavy atom. The smallest absolute Gasteiger partial charge is 0.0882 e. The van der Waals surface area contributed by atoms with Gasteiger partial charge in [0.25, 0.3) is 0 Å². The maximum absolute atomic E-state index is 8.51. The zero-order valence-corrected chi connectivity index (χ0v) is 10.0. The summed E-state index contributed by atoms with van der Waals surface area (Å²) in [5.74, 6) is 0. The highest BCUT2D eigenvalue weighted by Gasteiger charge is 2.07. The van der Waals surface area contributed by atoms with Crippen LogP contribution in [0.15, 0.2) is 24.4 Å². The van der Waals surface area contributed by atoms with Crippen LogP contribution in [0.4, 0.5) is 0 Å². The van der Waals surface area contributed by atoms with Gasteiger partial charge in [0, 0.05) is 6.20 Å². The van der Waals surface area contributed by atoms with E-state index in [0.29, 0.717) is 6.42 Å². The molecule has 0 aromatic carbocycles. The molecule has 0 saturated heterocycles. The minimum Gasteiger partial charge on any atom is -0.360 e. The first-order valence-corrected chi connectivity index (χ1v) is 4.38. The molecule has 0 aliphatic rings. The van der Waals surface area contributed by atoms with Crippen molar-refractivity contribution >= 4 is 35.8 Å². The molecule has 0 aliphatic carbocycles. The number of hydrogen-bond acceptors (Lipinski definition) is 3. The Labute approximate surface area is 106 Å². The maximum Gasteiger partial charge on any atom is 0.0882 e. The van der Waals surface area contributed by atoms with Crippen LogP contribution in [0.1, 0.15) is 18.2 Å². The van der Waals surface area contributed by atoms with Gasteiger partial charge in [-0.15, -0.1) is 24.8 Å². The fraction of sp³-hybridized carbons (Fsp3) is 0.200.